The van der Waals surface area contributed by atoms with E-state index >= 15 is 0 Å². The summed E-state index contributed by atoms with van der Waals surface area (Å²) in [4.78, 5) is 28.5. The highest BCUT2D eigenvalue weighted by Crippen LogP contribution is 2.29. The minimum absolute atomic E-state index is 0.0867. The number of nitrogens with zero attached hydrogens (tertiary/aromatic N) is 1. The predicted molar refractivity (Wildman–Crippen MR) is 150 cm³/mol. The van der Waals surface area contributed by atoms with Gasteiger partial charge in [-0.25, -0.2) is 0 Å². The molecular formula is C30H35BrN2O4. The van der Waals surface area contributed by atoms with Gasteiger partial charge in [0, 0.05) is 30.9 Å². The highest BCUT2D eigenvalue weighted by molar-refractivity contribution is 9.10. The van der Waals surface area contributed by atoms with Crippen LogP contribution in [0.3, 0.4) is 0 Å². The van der Waals surface area contributed by atoms with Crippen LogP contribution in [0.1, 0.15) is 37.0 Å². The second-order valence-electron chi connectivity index (χ2n) is 8.62. The second-order valence-corrected chi connectivity index (χ2v) is 9.53. The number of likely N-dealkylation sites (N-methyl/N-ethyl adjacent to an activating group) is 1. The van der Waals surface area contributed by atoms with Crippen molar-refractivity contribution in [2.45, 2.75) is 45.7 Å². The molecule has 0 saturated carbocycles. The van der Waals surface area contributed by atoms with Gasteiger partial charge in [0.1, 0.15) is 6.04 Å². The maximum absolute atomic E-state index is 13.7. The SMILES string of the molecule is CCOc1ccc(CCC(=O)N(Cc2cccc(Br)c2)[C@@H](Cc2ccccc2)C(=O)NC)cc1OCC. The van der Waals surface area contributed by atoms with Gasteiger partial charge in [0.05, 0.1) is 13.2 Å². The molecule has 0 bridgehead atoms. The zero-order valence-corrected chi connectivity index (χ0v) is 23.3. The van der Waals surface area contributed by atoms with Crippen molar-refractivity contribution in [3.05, 3.63) is 94.0 Å². The molecular weight excluding hydrogens is 532 g/mol. The number of nitrogens with one attached hydrogen (secondary N) is 1. The lowest BCUT2D eigenvalue weighted by Crippen LogP contribution is -2.49. The monoisotopic (exact) mass is 566 g/mol. The van der Waals surface area contributed by atoms with Crippen molar-refractivity contribution in [1.82, 2.24) is 10.2 Å². The van der Waals surface area contributed by atoms with Crippen LogP contribution >= 0.6 is 15.9 Å². The Morgan fingerprint density at radius 2 is 1.57 bits per heavy atom. The minimum Gasteiger partial charge on any atom is -0.490 e. The zero-order valence-electron chi connectivity index (χ0n) is 21.7. The first-order valence-corrected chi connectivity index (χ1v) is 13.4. The smallest absolute Gasteiger partial charge is 0.242 e. The first kappa shape index (κ1) is 28.3. The molecule has 2 amide bonds. The Morgan fingerprint density at radius 3 is 2.24 bits per heavy atom. The van der Waals surface area contributed by atoms with Gasteiger partial charge >= 0.3 is 0 Å². The summed E-state index contributed by atoms with van der Waals surface area (Å²) in [6, 6.07) is 22.7. The molecule has 3 aromatic rings. The Balaban J connectivity index is 1.86. The highest BCUT2D eigenvalue weighted by Gasteiger charge is 2.29. The molecule has 1 atom stereocenters. The van der Waals surface area contributed by atoms with Crippen LogP contribution in [0.15, 0.2) is 77.3 Å². The molecule has 0 aliphatic carbocycles. The number of hydrogen-bond donors (Lipinski definition) is 1. The first-order valence-electron chi connectivity index (χ1n) is 12.6. The van der Waals surface area contributed by atoms with Crippen LogP contribution in [-0.4, -0.2) is 43.0 Å². The van der Waals surface area contributed by atoms with Gasteiger partial charge in [-0.3, -0.25) is 9.59 Å². The molecule has 0 spiro atoms. The number of ether oxygens (including phenoxy) is 2. The fourth-order valence-electron chi connectivity index (χ4n) is 4.20. The molecule has 1 N–H and O–H groups in total. The molecule has 7 heteroatoms. The molecule has 0 aliphatic rings. The van der Waals surface area contributed by atoms with E-state index in [1.54, 1.807) is 11.9 Å². The molecule has 0 aromatic heterocycles. The number of carbonyl (C=O) groups is 2. The summed E-state index contributed by atoms with van der Waals surface area (Å²) >= 11 is 3.52. The Bertz CT molecular complexity index is 1170. The number of aryl methyl sites for hydroxylation is 1. The lowest BCUT2D eigenvalue weighted by molar-refractivity contribution is -0.141. The van der Waals surface area contributed by atoms with Crippen molar-refractivity contribution >= 4 is 27.7 Å². The average Bonchev–Trinajstić information content (AvgIpc) is 2.91. The van der Waals surface area contributed by atoms with Gasteiger partial charge in [0.15, 0.2) is 11.5 Å². The van der Waals surface area contributed by atoms with Crippen molar-refractivity contribution in [1.29, 1.82) is 0 Å². The molecule has 0 fully saturated rings. The standard InChI is InChI=1S/C30H35BrN2O4/c1-4-36-27-16-14-23(20-28(27)37-5-2)15-17-29(34)33(21-24-12-9-13-25(31)18-24)26(30(35)32-3)19-22-10-7-6-8-11-22/h6-14,16,18,20,26H,4-5,15,17,19,21H2,1-3H3,(H,32,35)/t26-/m0/s1. The first-order chi connectivity index (χ1) is 17.9. The number of benzene rings is 3. The number of carbonyl (C=O) groups excluding carboxylic acids is 2. The summed E-state index contributed by atoms with van der Waals surface area (Å²) in [6.07, 6.45) is 1.21. The number of hydrogen-bond acceptors (Lipinski definition) is 4. The normalized spacial score (nSPS) is 11.5. The van der Waals surface area contributed by atoms with E-state index in [4.69, 9.17) is 9.47 Å². The third-order valence-corrected chi connectivity index (χ3v) is 6.49. The van der Waals surface area contributed by atoms with E-state index in [2.05, 4.69) is 21.2 Å². The van der Waals surface area contributed by atoms with Gasteiger partial charge in [-0.15, -0.1) is 0 Å². The molecule has 3 aromatic carbocycles. The van der Waals surface area contributed by atoms with Gasteiger partial charge in [-0.05, 0) is 61.2 Å². The summed E-state index contributed by atoms with van der Waals surface area (Å²) in [5, 5.41) is 2.76. The maximum atomic E-state index is 13.7. The van der Waals surface area contributed by atoms with Crippen LogP contribution in [0.4, 0.5) is 0 Å². The van der Waals surface area contributed by atoms with Crippen LogP contribution in [0.2, 0.25) is 0 Å². The van der Waals surface area contributed by atoms with E-state index in [1.807, 2.05) is 86.6 Å². The van der Waals surface area contributed by atoms with Gasteiger partial charge in [-0.1, -0.05) is 64.5 Å². The van der Waals surface area contributed by atoms with Crippen molar-refractivity contribution < 1.29 is 19.1 Å². The zero-order chi connectivity index (χ0) is 26.6. The summed E-state index contributed by atoms with van der Waals surface area (Å²) in [5.41, 5.74) is 2.92. The Morgan fingerprint density at radius 1 is 0.865 bits per heavy atom. The van der Waals surface area contributed by atoms with Crippen molar-refractivity contribution in [2.75, 3.05) is 20.3 Å². The van der Waals surface area contributed by atoms with Crippen molar-refractivity contribution in [3.8, 4) is 11.5 Å². The fourth-order valence-corrected chi connectivity index (χ4v) is 4.65. The molecule has 0 aliphatic heterocycles. The summed E-state index contributed by atoms with van der Waals surface area (Å²) in [6.45, 7) is 5.26. The maximum Gasteiger partial charge on any atom is 0.242 e. The third kappa shape index (κ3) is 8.35. The van der Waals surface area contributed by atoms with Crippen LogP contribution in [0.25, 0.3) is 0 Å². The molecule has 0 unspecified atom stereocenters. The van der Waals surface area contributed by atoms with Gasteiger partial charge < -0.3 is 19.7 Å². The van der Waals surface area contributed by atoms with Crippen molar-refractivity contribution in [3.63, 3.8) is 0 Å². The lowest BCUT2D eigenvalue weighted by Gasteiger charge is -2.31. The molecule has 0 saturated heterocycles. The van der Waals surface area contributed by atoms with Crippen LogP contribution < -0.4 is 14.8 Å². The molecule has 3 rings (SSSR count). The number of amides is 2. The Hall–Kier alpha value is -3.32. The van der Waals surface area contributed by atoms with Gasteiger partial charge in [0.2, 0.25) is 11.8 Å². The fraction of sp³-hybridized carbons (Fsp3) is 0.333. The quantitative estimate of drug-likeness (QED) is 0.294. The van der Waals surface area contributed by atoms with Crippen LogP contribution in [0, 0.1) is 0 Å². The van der Waals surface area contributed by atoms with E-state index in [-0.39, 0.29) is 18.2 Å². The molecule has 6 nitrogen and oxygen atoms in total. The second kappa shape index (κ2) is 14.4. The molecule has 196 valence electrons. The Kier molecular flexibility index (Phi) is 11.0. The third-order valence-electron chi connectivity index (χ3n) is 5.99. The highest BCUT2D eigenvalue weighted by atomic mass is 79.9. The number of halogens is 1. The van der Waals surface area contributed by atoms with Gasteiger partial charge in [0.25, 0.3) is 0 Å². The van der Waals surface area contributed by atoms with E-state index < -0.39 is 6.04 Å². The van der Waals surface area contributed by atoms with Crippen LogP contribution in [0.5, 0.6) is 11.5 Å². The molecule has 0 radical (unpaired) electrons. The van der Waals surface area contributed by atoms with Crippen LogP contribution in [-0.2, 0) is 29.0 Å². The summed E-state index contributed by atoms with van der Waals surface area (Å²) in [5.74, 6) is 1.09. The van der Waals surface area contributed by atoms with Gasteiger partial charge in [-0.2, -0.15) is 0 Å². The van der Waals surface area contributed by atoms with E-state index in [0.29, 0.717) is 44.1 Å². The lowest BCUT2D eigenvalue weighted by atomic mass is 10.0. The van der Waals surface area contributed by atoms with Crippen molar-refractivity contribution in [2.24, 2.45) is 0 Å². The molecule has 37 heavy (non-hydrogen) atoms. The van der Waals surface area contributed by atoms with E-state index in [9.17, 15) is 9.59 Å². The van der Waals surface area contributed by atoms with E-state index in [1.165, 1.54) is 0 Å². The van der Waals surface area contributed by atoms with E-state index in [0.717, 1.165) is 21.2 Å². The summed E-state index contributed by atoms with van der Waals surface area (Å²) in [7, 11) is 1.61. The largest absolute Gasteiger partial charge is 0.490 e. The summed E-state index contributed by atoms with van der Waals surface area (Å²) < 4.78 is 12.3. The molecule has 0 heterocycles. The number of rotatable bonds is 13. The average molecular weight is 568 g/mol. The minimum atomic E-state index is -0.641. The Labute approximate surface area is 228 Å². The predicted octanol–water partition coefficient (Wildman–Crippen LogP) is 5.57. The topological polar surface area (TPSA) is 67.9 Å².